The molecule has 0 aliphatic carbocycles. The van der Waals surface area contributed by atoms with Gasteiger partial charge in [0.25, 0.3) is 0 Å². The molecule has 0 bridgehead atoms. The number of anilines is 2. The van der Waals surface area contributed by atoms with Gasteiger partial charge in [0, 0.05) is 0 Å². The fourth-order valence-electron chi connectivity index (χ4n) is 1.65. The normalized spacial score (nSPS) is 10.9. The van der Waals surface area contributed by atoms with E-state index in [1.165, 1.54) is 30.6 Å². The van der Waals surface area contributed by atoms with Crippen LogP contribution in [0.4, 0.5) is 10.7 Å². The van der Waals surface area contributed by atoms with Crippen molar-refractivity contribution in [3.8, 4) is 5.75 Å². The summed E-state index contributed by atoms with van der Waals surface area (Å²) in [7, 11) is -2.82. The number of thiophene rings is 1. The summed E-state index contributed by atoms with van der Waals surface area (Å²) in [6.07, 6.45) is 0.291. The smallest absolute Gasteiger partial charge is 0.309 e. The van der Waals surface area contributed by atoms with Crippen molar-refractivity contribution in [2.75, 3.05) is 11.4 Å². The Morgan fingerprint density at radius 1 is 1.29 bits per heavy atom. The van der Waals surface area contributed by atoms with Crippen molar-refractivity contribution in [1.82, 2.24) is 0 Å². The molecular weight excluding hydrogens is 312 g/mol. The van der Waals surface area contributed by atoms with Crippen molar-refractivity contribution in [3.63, 3.8) is 0 Å². The number of ether oxygens (including phenoxy) is 1. The first-order valence-corrected chi connectivity index (χ1v) is 8.10. The molecule has 110 valence electrons. The van der Waals surface area contributed by atoms with Crippen molar-refractivity contribution < 1.29 is 17.9 Å². The fourth-order valence-corrected chi connectivity index (χ4v) is 3.76. The second-order valence-corrected chi connectivity index (χ2v) is 6.53. The first-order valence-electron chi connectivity index (χ1n) is 5.78. The summed E-state index contributed by atoms with van der Waals surface area (Å²) in [4.78, 5) is 11.6. The lowest BCUT2D eigenvalue weighted by Crippen LogP contribution is -2.32. The van der Waals surface area contributed by atoms with Crippen LogP contribution in [0.3, 0.4) is 0 Å². The number of carbonyl (C=O) groups excluding carboxylic acids is 1. The van der Waals surface area contributed by atoms with E-state index in [1.807, 2.05) is 0 Å². The van der Waals surface area contributed by atoms with Crippen molar-refractivity contribution >= 4 is 43.4 Å². The highest BCUT2D eigenvalue weighted by atomic mass is 32.2. The van der Waals surface area contributed by atoms with Gasteiger partial charge in [-0.05, 0) is 41.8 Å². The minimum absolute atomic E-state index is 0.291. The first-order chi connectivity index (χ1) is 10.0. The van der Waals surface area contributed by atoms with Crippen LogP contribution in [0.1, 0.15) is 0 Å². The highest BCUT2D eigenvalue weighted by Crippen LogP contribution is 2.33. The molecule has 0 spiro atoms. The second-order valence-electron chi connectivity index (χ2n) is 3.88. The molecule has 1 aromatic heterocycles. The lowest BCUT2D eigenvalue weighted by atomic mass is 10.3. The summed E-state index contributed by atoms with van der Waals surface area (Å²) in [6.45, 7) is 0. The Labute approximate surface area is 126 Å². The summed E-state index contributed by atoms with van der Waals surface area (Å²) >= 11 is 1.18. The van der Waals surface area contributed by atoms with Crippen LogP contribution < -0.4 is 9.04 Å². The number of nitrogens with one attached hydrogen (secondary N) is 1. The van der Waals surface area contributed by atoms with Gasteiger partial charge < -0.3 is 10.1 Å². The number of benzene rings is 1. The van der Waals surface area contributed by atoms with Crippen molar-refractivity contribution in [2.45, 2.75) is 0 Å². The van der Waals surface area contributed by atoms with E-state index in [0.717, 1.165) is 4.31 Å². The number of hydrogen-bond donors (Lipinski definition) is 1. The molecule has 1 heterocycles. The van der Waals surface area contributed by atoms with Crippen LogP contribution in [-0.4, -0.2) is 26.9 Å². The van der Waals surface area contributed by atoms with Gasteiger partial charge in [0.05, 0.1) is 19.0 Å². The summed E-state index contributed by atoms with van der Waals surface area (Å²) in [5.41, 5.74) is 0.299. The minimum Gasteiger partial charge on any atom is -0.497 e. The molecule has 0 atom stereocenters. The minimum atomic E-state index is -4.33. The van der Waals surface area contributed by atoms with Crippen LogP contribution in [0.5, 0.6) is 5.75 Å². The number of hydrogen-bond acceptors (Lipinski definition) is 6. The summed E-state index contributed by atoms with van der Waals surface area (Å²) in [5, 5.41) is 7.72. The van der Waals surface area contributed by atoms with E-state index in [9.17, 15) is 13.2 Å². The third-order valence-electron chi connectivity index (χ3n) is 2.63. The van der Waals surface area contributed by atoms with Crippen LogP contribution in [0.25, 0.3) is 0 Å². The Bertz CT molecular complexity index is 737. The van der Waals surface area contributed by atoms with Gasteiger partial charge in [-0.3, -0.25) is 4.79 Å². The molecule has 8 heteroatoms. The van der Waals surface area contributed by atoms with Gasteiger partial charge in [0.1, 0.15) is 10.8 Å². The maximum Gasteiger partial charge on any atom is 0.309 e. The largest absolute Gasteiger partial charge is 0.497 e. The zero-order valence-corrected chi connectivity index (χ0v) is 12.6. The number of rotatable bonds is 5. The van der Waals surface area contributed by atoms with Crippen LogP contribution in [0.15, 0.2) is 41.8 Å². The van der Waals surface area contributed by atoms with Crippen LogP contribution in [0.2, 0.25) is 0 Å². The Morgan fingerprint density at radius 3 is 2.43 bits per heavy atom. The molecule has 0 amide bonds. The predicted octanol–water partition coefficient (Wildman–Crippen LogP) is 2.40. The van der Waals surface area contributed by atoms with E-state index >= 15 is 0 Å². The SMILES string of the molecule is COc1ccc(N(c2cccs2)S(=O)(=O)C(=O)C=N)cc1. The standard InChI is InChI=1S/C13H12N2O4S2/c1-19-11-6-4-10(5-7-11)15(12-3-2-8-20-12)21(17,18)13(16)9-14/h2-9,14H,1H3. The molecule has 0 saturated heterocycles. The van der Waals surface area contributed by atoms with E-state index in [1.54, 1.807) is 29.6 Å². The average Bonchev–Trinajstić information content (AvgIpc) is 3.00. The maximum atomic E-state index is 12.3. The summed E-state index contributed by atoms with van der Waals surface area (Å²) in [6, 6.07) is 9.53. The molecule has 0 aliphatic heterocycles. The Balaban J connectivity index is 2.56. The molecule has 6 nitrogen and oxygen atoms in total. The molecule has 1 aromatic carbocycles. The molecule has 21 heavy (non-hydrogen) atoms. The molecule has 0 saturated carbocycles. The quantitative estimate of drug-likeness (QED) is 0.856. The molecule has 0 aliphatic rings. The van der Waals surface area contributed by atoms with Crippen molar-refractivity contribution in [1.29, 1.82) is 5.41 Å². The van der Waals surface area contributed by atoms with Crippen LogP contribution in [-0.2, 0) is 14.8 Å². The number of methoxy groups -OCH3 is 1. The number of nitrogens with zero attached hydrogens (tertiary/aromatic N) is 1. The van der Waals surface area contributed by atoms with Gasteiger partial charge in [-0.15, -0.1) is 11.3 Å². The molecule has 0 radical (unpaired) electrons. The third kappa shape index (κ3) is 2.96. The average molecular weight is 324 g/mol. The van der Waals surface area contributed by atoms with E-state index in [4.69, 9.17) is 10.1 Å². The molecule has 0 unspecified atom stereocenters. The predicted molar refractivity (Wildman–Crippen MR) is 82.2 cm³/mol. The lowest BCUT2D eigenvalue weighted by Gasteiger charge is -2.21. The zero-order valence-electron chi connectivity index (χ0n) is 11.0. The zero-order chi connectivity index (χ0) is 15.5. The highest BCUT2D eigenvalue weighted by molar-refractivity contribution is 8.09. The molecule has 2 rings (SSSR count). The maximum absolute atomic E-state index is 12.3. The van der Waals surface area contributed by atoms with E-state index in [2.05, 4.69) is 0 Å². The van der Waals surface area contributed by atoms with Gasteiger partial charge in [-0.1, -0.05) is 0 Å². The van der Waals surface area contributed by atoms with Crippen LogP contribution >= 0.6 is 11.3 Å². The van der Waals surface area contributed by atoms with Crippen LogP contribution in [0, 0.1) is 5.41 Å². The van der Waals surface area contributed by atoms with Gasteiger partial charge in [-0.2, -0.15) is 8.42 Å². The Morgan fingerprint density at radius 2 is 1.95 bits per heavy atom. The number of sulfonamides is 1. The summed E-state index contributed by atoms with van der Waals surface area (Å²) in [5.74, 6) is 0.570. The topological polar surface area (TPSA) is 87.5 Å². The molecule has 2 aromatic rings. The van der Waals surface area contributed by atoms with Gasteiger partial charge in [-0.25, -0.2) is 4.31 Å². The van der Waals surface area contributed by atoms with Gasteiger partial charge in [0.15, 0.2) is 0 Å². The van der Waals surface area contributed by atoms with Gasteiger partial charge >= 0.3 is 15.1 Å². The third-order valence-corrected chi connectivity index (χ3v) is 5.11. The van der Waals surface area contributed by atoms with E-state index < -0.39 is 15.1 Å². The van der Waals surface area contributed by atoms with E-state index in [0.29, 0.717) is 22.7 Å². The van der Waals surface area contributed by atoms with Crippen molar-refractivity contribution in [2.24, 2.45) is 0 Å². The highest BCUT2D eigenvalue weighted by Gasteiger charge is 2.31. The van der Waals surface area contributed by atoms with Crippen molar-refractivity contribution in [3.05, 3.63) is 41.8 Å². The Kier molecular flexibility index (Phi) is 4.39. The molecule has 1 N–H and O–H groups in total. The second kappa shape index (κ2) is 6.06. The fraction of sp³-hybridized carbons (Fsp3) is 0.0769. The number of carbonyl (C=O) groups is 1. The summed E-state index contributed by atoms with van der Waals surface area (Å²) < 4.78 is 30.6. The van der Waals surface area contributed by atoms with E-state index in [-0.39, 0.29) is 0 Å². The first kappa shape index (κ1) is 15.2. The van der Waals surface area contributed by atoms with Gasteiger partial charge in [0.2, 0.25) is 0 Å². The monoisotopic (exact) mass is 324 g/mol. The Hall–Kier alpha value is -2.19. The molecule has 0 fully saturated rings. The molecular formula is C13H12N2O4S2. The lowest BCUT2D eigenvalue weighted by molar-refractivity contribution is -0.106.